The molecule has 1 atom stereocenters. The maximum Gasteiger partial charge on any atom is 0.261 e. The number of hydrogen-bond donors (Lipinski definition) is 1. The minimum Gasteiger partial charge on any atom is -0.481 e. The number of benzene rings is 1. The lowest BCUT2D eigenvalue weighted by atomic mass is 10.3. The van der Waals surface area contributed by atoms with Crippen molar-refractivity contribution in [1.82, 2.24) is 5.32 Å². The molecule has 1 rings (SSSR count). The van der Waals surface area contributed by atoms with E-state index in [9.17, 15) is 4.79 Å². The van der Waals surface area contributed by atoms with Gasteiger partial charge in [0.1, 0.15) is 5.75 Å². The van der Waals surface area contributed by atoms with Gasteiger partial charge >= 0.3 is 0 Å². The molecule has 1 N–H and O–H groups in total. The standard InChI is InChI=1S/C12H12INO2/c1-3-7-14-12(15)9(2)16-11-6-4-5-10(13)8-11/h1,4-6,8-9H,7H2,2H3,(H,14,15). The third-order valence-electron chi connectivity index (χ3n) is 1.84. The van der Waals surface area contributed by atoms with Crippen LogP contribution in [0.3, 0.4) is 0 Å². The van der Waals surface area contributed by atoms with Gasteiger partial charge in [-0.2, -0.15) is 0 Å². The molecular formula is C12H12INO2. The van der Waals surface area contributed by atoms with Crippen LogP contribution in [-0.4, -0.2) is 18.6 Å². The summed E-state index contributed by atoms with van der Waals surface area (Å²) in [5.41, 5.74) is 0. The van der Waals surface area contributed by atoms with Crippen LogP contribution in [0.2, 0.25) is 0 Å². The molecule has 4 heteroatoms. The molecule has 1 aromatic rings. The number of halogens is 1. The maximum atomic E-state index is 11.5. The molecule has 84 valence electrons. The Bertz CT molecular complexity index is 412. The number of nitrogens with one attached hydrogen (secondary N) is 1. The summed E-state index contributed by atoms with van der Waals surface area (Å²) in [5, 5.41) is 2.57. The van der Waals surface area contributed by atoms with Gasteiger partial charge in [-0.3, -0.25) is 4.79 Å². The van der Waals surface area contributed by atoms with Crippen LogP contribution in [0.5, 0.6) is 5.75 Å². The fraction of sp³-hybridized carbons (Fsp3) is 0.250. The fourth-order valence-corrected chi connectivity index (χ4v) is 1.59. The molecule has 1 aromatic carbocycles. The van der Waals surface area contributed by atoms with Crippen LogP contribution >= 0.6 is 22.6 Å². The summed E-state index contributed by atoms with van der Waals surface area (Å²) in [6.07, 6.45) is 4.49. The third-order valence-corrected chi connectivity index (χ3v) is 2.51. The number of carbonyl (C=O) groups excluding carboxylic acids is 1. The summed E-state index contributed by atoms with van der Waals surface area (Å²) in [4.78, 5) is 11.5. The number of carbonyl (C=O) groups is 1. The van der Waals surface area contributed by atoms with Gasteiger partial charge in [-0.25, -0.2) is 0 Å². The highest BCUT2D eigenvalue weighted by Gasteiger charge is 2.13. The minimum atomic E-state index is -0.549. The Hall–Kier alpha value is -1.22. The molecule has 0 bridgehead atoms. The molecule has 16 heavy (non-hydrogen) atoms. The van der Waals surface area contributed by atoms with Crippen LogP contribution in [0, 0.1) is 15.9 Å². The quantitative estimate of drug-likeness (QED) is 0.676. The highest BCUT2D eigenvalue weighted by Crippen LogP contribution is 2.16. The molecule has 0 saturated carbocycles. The number of hydrogen-bond acceptors (Lipinski definition) is 2. The van der Waals surface area contributed by atoms with Crippen molar-refractivity contribution in [3.05, 3.63) is 27.8 Å². The largest absolute Gasteiger partial charge is 0.481 e. The van der Waals surface area contributed by atoms with Crippen molar-refractivity contribution in [3.8, 4) is 18.1 Å². The van der Waals surface area contributed by atoms with E-state index in [-0.39, 0.29) is 12.5 Å². The Balaban J connectivity index is 2.54. The highest BCUT2D eigenvalue weighted by molar-refractivity contribution is 14.1. The monoisotopic (exact) mass is 329 g/mol. The van der Waals surface area contributed by atoms with E-state index in [0.29, 0.717) is 5.75 Å². The van der Waals surface area contributed by atoms with Crippen molar-refractivity contribution < 1.29 is 9.53 Å². The zero-order valence-corrected chi connectivity index (χ0v) is 11.0. The van der Waals surface area contributed by atoms with Crippen LogP contribution in [0.25, 0.3) is 0 Å². The fourth-order valence-electron chi connectivity index (χ4n) is 1.08. The lowest BCUT2D eigenvalue weighted by Gasteiger charge is -2.13. The van der Waals surface area contributed by atoms with Crippen molar-refractivity contribution in [2.45, 2.75) is 13.0 Å². The van der Waals surface area contributed by atoms with Crippen molar-refractivity contribution >= 4 is 28.5 Å². The van der Waals surface area contributed by atoms with E-state index in [1.807, 2.05) is 24.3 Å². The molecule has 0 aliphatic carbocycles. The van der Waals surface area contributed by atoms with Gasteiger partial charge < -0.3 is 10.1 Å². The molecular weight excluding hydrogens is 317 g/mol. The van der Waals surface area contributed by atoms with Crippen LogP contribution in [0.1, 0.15) is 6.92 Å². The second-order valence-corrected chi connectivity index (χ2v) is 4.39. The van der Waals surface area contributed by atoms with Gasteiger partial charge in [-0.05, 0) is 47.7 Å². The zero-order chi connectivity index (χ0) is 12.0. The first kappa shape index (κ1) is 12.8. The van der Waals surface area contributed by atoms with E-state index in [1.54, 1.807) is 6.92 Å². The normalized spacial score (nSPS) is 11.3. The predicted octanol–water partition coefficient (Wildman–Crippen LogP) is 1.81. The second kappa shape index (κ2) is 6.38. The van der Waals surface area contributed by atoms with Gasteiger partial charge in [0.25, 0.3) is 5.91 Å². The molecule has 0 heterocycles. The number of rotatable bonds is 4. The van der Waals surface area contributed by atoms with Crippen LogP contribution in [0.4, 0.5) is 0 Å². The molecule has 0 saturated heterocycles. The lowest BCUT2D eigenvalue weighted by molar-refractivity contribution is -0.126. The average molecular weight is 329 g/mol. The minimum absolute atomic E-state index is 0.211. The molecule has 0 aliphatic heterocycles. The molecule has 1 amide bonds. The smallest absolute Gasteiger partial charge is 0.261 e. The number of terminal acetylenes is 1. The van der Waals surface area contributed by atoms with Crippen LogP contribution < -0.4 is 10.1 Å². The Morgan fingerprint density at radius 2 is 2.44 bits per heavy atom. The Morgan fingerprint density at radius 3 is 3.06 bits per heavy atom. The predicted molar refractivity (Wildman–Crippen MR) is 71.1 cm³/mol. The van der Waals surface area contributed by atoms with Crippen molar-refractivity contribution in [2.75, 3.05) is 6.54 Å². The molecule has 0 spiro atoms. The van der Waals surface area contributed by atoms with Gasteiger partial charge in [0.2, 0.25) is 0 Å². The van der Waals surface area contributed by atoms with E-state index < -0.39 is 6.10 Å². The Labute approximate surface area is 109 Å². The Kier molecular flexibility index (Phi) is 5.12. The van der Waals surface area contributed by atoms with Crippen LogP contribution in [-0.2, 0) is 4.79 Å². The van der Waals surface area contributed by atoms with Gasteiger partial charge in [0.05, 0.1) is 6.54 Å². The highest BCUT2D eigenvalue weighted by atomic mass is 127. The Morgan fingerprint density at radius 1 is 1.69 bits per heavy atom. The first-order valence-corrected chi connectivity index (χ1v) is 5.84. The first-order chi connectivity index (χ1) is 7.63. The average Bonchev–Trinajstić information content (AvgIpc) is 2.25. The molecule has 1 unspecified atom stereocenters. The first-order valence-electron chi connectivity index (χ1n) is 4.77. The van der Waals surface area contributed by atoms with Gasteiger partial charge in [0.15, 0.2) is 6.10 Å². The zero-order valence-electron chi connectivity index (χ0n) is 8.87. The lowest BCUT2D eigenvalue weighted by Crippen LogP contribution is -2.36. The second-order valence-electron chi connectivity index (χ2n) is 3.14. The summed E-state index contributed by atoms with van der Waals surface area (Å²) in [7, 11) is 0. The van der Waals surface area contributed by atoms with E-state index >= 15 is 0 Å². The summed E-state index contributed by atoms with van der Waals surface area (Å²) >= 11 is 2.19. The van der Waals surface area contributed by atoms with E-state index in [2.05, 4.69) is 33.8 Å². The van der Waals surface area contributed by atoms with Gasteiger partial charge in [-0.1, -0.05) is 12.0 Å². The molecule has 0 aliphatic rings. The topological polar surface area (TPSA) is 38.3 Å². The maximum absolute atomic E-state index is 11.5. The van der Waals surface area contributed by atoms with Gasteiger partial charge in [-0.15, -0.1) is 6.42 Å². The van der Waals surface area contributed by atoms with Crippen molar-refractivity contribution in [1.29, 1.82) is 0 Å². The summed E-state index contributed by atoms with van der Waals surface area (Å²) < 4.78 is 6.53. The van der Waals surface area contributed by atoms with Gasteiger partial charge in [0, 0.05) is 3.57 Å². The number of amides is 1. The number of ether oxygens (including phenoxy) is 1. The SMILES string of the molecule is C#CCNC(=O)C(C)Oc1cccc(I)c1. The summed E-state index contributed by atoms with van der Waals surface area (Å²) in [6.45, 7) is 1.91. The van der Waals surface area contributed by atoms with E-state index in [1.165, 1.54) is 0 Å². The third kappa shape index (κ3) is 4.11. The van der Waals surface area contributed by atoms with E-state index in [4.69, 9.17) is 11.2 Å². The summed E-state index contributed by atoms with van der Waals surface area (Å²) in [5.74, 6) is 2.80. The van der Waals surface area contributed by atoms with Crippen molar-refractivity contribution in [3.63, 3.8) is 0 Å². The molecule has 0 radical (unpaired) electrons. The van der Waals surface area contributed by atoms with Crippen LogP contribution in [0.15, 0.2) is 24.3 Å². The molecule has 3 nitrogen and oxygen atoms in total. The molecule has 0 aromatic heterocycles. The molecule has 0 fully saturated rings. The van der Waals surface area contributed by atoms with Crippen molar-refractivity contribution in [2.24, 2.45) is 0 Å². The summed E-state index contributed by atoms with van der Waals surface area (Å²) in [6, 6.07) is 7.51. The van der Waals surface area contributed by atoms with E-state index in [0.717, 1.165) is 3.57 Å².